The van der Waals surface area contributed by atoms with Crippen molar-refractivity contribution in [1.29, 1.82) is 0 Å². The number of piperidine rings is 1. The summed E-state index contributed by atoms with van der Waals surface area (Å²) in [6, 6.07) is 15.8. The SMILES string of the molecule is Cc1ccc(CN2CC(C(=O)Nc3ccccc3N3CCC(C(N)=O)CC3)CC2=O)cc1. The van der Waals surface area contributed by atoms with Gasteiger partial charge in [-0.1, -0.05) is 42.0 Å². The number of primary amides is 1. The summed E-state index contributed by atoms with van der Waals surface area (Å²) in [5.41, 5.74) is 9.36. The summed E-state index contributed by atoms with van der Waals surface area (Å²) in [5.74, 6) is -0.831. The Morgan fingerprint density at radius 1 is 1.03 bits per heavy atom. The van der Waals surface area contributed by atoms with Gasteiger partial charge in [-0.05, 0) is 37.5 Å². The van der Waals surface area contributed by atoms with Crippen LogP contribution in [0.2, 0.25) is 0 Å². The Labute approximate surface area is 188 Å². The van der Waals surface area contributed by atoms with Crippen LogP contribution in [0.4, 0.5) is 11.4 Å². The molecule has 7 heteroatoms. The fourth-order valence-electron chi connectivity index (χ4n) is 4.51. The number of anilines is 2. The van der Waals surface area contributed by atoms with Crippen LogP contribution in [0.3, 0.4) is 0 Å². The van der Waals surface area contributed by atoms with Crippen LogP contribution < -0.4 is 16.0 Å². The number of benzene rings is 2. The summed E-state index contributed by atoms with van der Waals surface area (Å²) in [7, 11) is 0. The fraction of sp³-hybridized carbons (Fsp3) is 0.400. The van der Waals surface area contributed by atoms with Crippen molar-refractivity contribution in [3.05, 3.63) is 59.7 Å². The Morgan fingerprint density at radius 3 is 2.41 bits per heavy atom. The molecular formula is C25H30N4O3. The van der Waals surface area contributed by atoms with Crippen molar-refractivity contribution >= 4 is 29.1 Å². The van der Waals surface area contributed by atoms with Crippen molar-refractivity contribution in [2.45, 2.75) is 32.7 Å². The number of hydrogen-bond donors (Lipinski definition) is 2. The summed E-state index contributed by atoms with van der Waals surface area (Å²) in [5, 5.41) is 3.05. The van der Waals surface area contributed by atoms with Crippen molar-refractivity contribution in [3.63, 3.8) is 0 Å². The highest BCUT2D eigenvalue weighted by Crippen LogP contribution is 2.31. The van der Waals surface area contributed by atoms with Crippen molar-refractivity contribution in [1.82, 2.24) is 4.90 Å². The van der Waals surface area contributed by atoms with E-state index in [1.165, 1.54) is 5.56 Å². The monoisotopic (exact) mass is 434 g/mol. The molecule has 0 bridgehead atoms. The maximum Gasteiger partial charge on any atom is 0.229 e. The maximum atomic E-state index is 13.0. The van der Waals surface area contributed by atoms with E-state index >= 15 is 0 Å². The molecule has 3 amide bonds. The Hall–Kier alpha value is -3.35. The van der Waals surface area contributed by atoms with E-state index in [1.807, 2.05) is 55.5 Å². The van der Waals surface area contributed by atoms with Crippen LogP contribution in [0.25, 0.3) is 0 Å². The number of rotatable bonds is 6. The van der Waals surface area contributed by atoms with E-state index in [4.69, 9.17) is 5.73 Å². The Morgan fingerprint density at radius 2 is 1.72 bits per heavy atom. The van der Waals surface area contributed by atoms with Gasteiger partial charge >= 0.3 is 0 Å². The van der Waals surface area contributed by atoms with Gasteiger partial charge in [-0.25, -0.2) is 0 Å². The molecular weight excluding hydrogens is 404 g/mol. The highest BCUT2D eigenvalue weighted by atomic mass is 16.2. The molecule has 0 radical (unpaired) electrons. The summed E-state index contributed by atoms with van der Waals surface area (Å²) < 4.78 is 0. The third-order valence-corrected chi connectivity index (χ3v) is 6.48. The van der Waals surface area contributed by atoms with Crippen LogP contribution in [0.15, 0.2) is 48.5 Å². The predicted octanol–water partition coefficient (Wildman–Crippen LogP) is 2.68. The standard InChI is InChI=1S/C25H30N4O3/c1-17-6-8-18(9-7-17)15-29-16-20(14-23(29)30)25(32)27-21-4-2-3-5-22(21)28-12-10-19(11-13-28)24(26)31/h2-9,19-20H,10-16H2,1H3,(H2,26,31)(H,27,32). The largest absolute Gasteiger partial charge is 0.370 e. The molecule has 2 aromatic rings. The molecule has 2 heterocycles. The zero-order valence-corrected chi connectivity index (χ0v) is 18.4. The second-order valence-electron chi connectivity index (χ2n) is 8.83. The Bertz CT molecular complexity index is 997. The lowest BCUT2D eigenvalue weighted by Gasteiger charge is -2.33. The van der Waals surface area contributed by atoms with Crippen molar-refractivity contribution in [2.75, 3.05) is 29.9 Å². The Kier molecular flexibility index (Phi) is 6.44. The average Bonchev–Trinajstić information content (AvgIpc) is 3.16. The number of nitrogens with two attached hydrogens (primary N) is 1. The third-order valence-electron chi connectivity index (χ3n) is 6.48. The maximum absolute atomic E-state index is 13.0. The molecule has 2 aliphatic rings. The third kappa shape index (κ3) is 4.93. The molecule has 0 saturated carbocycles. The number of likely N-dealkylation sites (tertiary alicyclic amines) is 1. The molecule has 1 atom stereocenters. The van der Waals surface area contributed by atoms with Gasteiger partial charge in [-0.2, -0.15) is 0 Å². The van der Waals surface area contributed by atoms with E-state index in [0.29, 0.717) is 39.0 Å². The molecule has 0 aromatic heterocycles. The van der Waals surface area contributed by atoms with Gasteiger partial charge in [-0.15, -0.1) is 0 Å². The first-order chi connectivity index (χ1) is 15.4. The lowest BCUT2D eigenvalue weighted by Crippen LogP contribution is -2.39. The first-order valence-corrected chi connectivity index (χ1v) is 11.2. The zero-order chi connectivity index (χ0) is 22.7. The van der Waals surface area contributed by atoms with E-state index in [2.05, 4.69) is 10.2 Å². The second kappa shape index (κ2) is 9.42. The van der Waals surface area contributed by atoms with Crippen LogP contribution in [0.5, 0.6) is 0 Å². The van der Waals surface area contributed by atoms with Gasteiger partial charge in [0.05, 0.1) is 17.3 Å². The number of para-hydroxylation sites is 2. The van der Waals surface area contributed by atoms with E-state index in [9.17, 15) is 14.4 Å². The number of aryl methyl sites for hydroxylation is 1. The van der Waals surface area contributed by atoms with Crippen molar-refractivity contribution < 1.29 is 14.4 Å². The van der Waals surface area contributed by atoms with Gasteiger partial charge < -0.3 is 20.9 Å². The quantitative estimate of drug-likeness (QED) is 0.731. The minimum Gasteiger partial charge on any atom is -0.370 e. The van der Waals surface area contributed by atoms with Crippen molar-refractivity contribution in [3.8, 4) is 0 Å². The number of nitrogens with zero attached hydrogens (tertiary/aromatic N) is 2. The minimum atomic E-state index is -0.374. The molecule has 2 aromatic carbocycles. The molecule has 3 N–H and O–H groups in total. The number of hydrogen-bond acceptors (Lipinski definition) is 4. The van der Waals surface area contributed by atoms with E-state index in [1.54, 1.807) is 4.90 Å². The van der Waals surface area contributed by atoms with Gasteiger partial charge in [0.1, 0.15) is 0 Å². The number of amides is 3. The molecule has 2 fully saturated rings. The Balaban J connectivity index is 1.39. The van der Waals surface area contributed by atoms with Crippen molar-refractivity contribution in [2.24, 2.45) is 17.6 Å². The zero-order valence-electron chi connectivity index (χ0n) is 18.4. The van der Waals surface area contributed by atoms with E-state index in [0.717, 1.165) is 16.9 Å². The number of carbonyl (C=O) groups is 3. The summed E-state index contributed by atoms with van der Waals surface area (Å²) >= 11 is 0. The predicted molar refractivity (Wildman–Crippen MR) is 124 cm³/mol. The summed E-state index contributed by atoms with van der Waals surface area (Å²) in [6.45, 7) is 4.40. The molecule has 4 rings (SSSR count). The van der Waals surface area contributed by atoms with Gasteiger partial charge in [0.25, 0.3) is 0 Å². The van der Waals surface area contributed by atoms with Crippen LogP contribution in [0, 0.1) is 18.8 Å². The smallest absolute Gasteiger partial charge is 0.229 e. The molecule has 0 spiro atoms. The van der Waals surface area contributed by atoms with Crippen LogP contribution >= 0.6 is 0 Å². The van der Waals surface area contributed by atoms with Gasteiger partial charge in [0.15, 0.2) is 0 Å². The molecule has 2 saturated heterocycles. The van der Waals surface area contributed by atoms with Crippen LogP contribution in [-0.2, 0) is 20.9 Å². The molecule has 168 valence electrons. The number of nitrogens with one attached hydrogen (secondary N) is 1. The van der Waals surface area contributed by atoms with Crippen LogP contribution in [0.1, 0.15) is 30.4 Å². The molecule has 0 aliphatic carbocycles. The number of carbonyl (C=O) groups excluding carboxylic acids is 3. The summed E-state index contributed by atoms with van der Waals surface area (Å²) in [6.07, 6.45) is 1.65. The topological polar surface area (TPSA) is 95.7 Å². The van der Waals surface area contributed by atoms with Gasteiger partial charge in [0, 0.05) is 38.5 Å². The average molecular weight is 435 g/mol. The second-order valence-corrected chi connectivity index (χ2v) is 8.83. The molecule has 32 heavy (non-hydrogen) atoms. The van der Waals surface area contributed by atoms with E-state index < -0.39 is 0 Å². The van der Waals surface area contributed by atoms with Gasteiger partial charge in [0.2, 0.25) is 17.7 Å². The van der Waals surface area contributed by atoms with Crippen LogP contribution in [-0.4, -0.2) is 42.3 Å². The molecule has 7 nitrogen and oxygen atoms in total. The lowest BCUT2D eigenvalue weighted by atomic mass is 9.96. The first kappa shape index (κ1) is 21.9. The highest BCUT2D eigenvalue weighted by molar-refractivity contribution is 5.99. The molecule has 2 aliphatic heterocycles. The summed E-state index contributed by atoms with van der Waals surface area (Å²) in [4.78, 5) is 40.9. The first-order valence-electron chi connectivity index (χ1n) is 11.2. The minimum absolute atomic E-state index is 0.00698. The normalized spacial score (nSPS) is 19.3. The molecule has 1 unspecified atom stereocenters. The highest BCUT2D eigenvalue weighted by Gasteiger charge is 2.34. The fourth-order valence-corrected chi connectivity index (χ4v) is 4.51. The lowest BCUT2D eigenvalue weighted by molar-refractivity contribution is -0.128. The van der Waals surface area contributed by atoms with E-state index in [-0.39, 0.29) is 36.0 Å². The van der Waals surface area contributed by atoms with Gasteiger partial charge in [-0.3, -0.25) is 14.4 Å².